The normalized spacial score (nSPS) is 15.2. The highest BCUT2D eigenvalue weighted by Crippen LogP contribution is 2.29. The first-order valence-electron chi connectivity index (χ1n) is 10.5. The zero-order valence-electron chi connectivity index (χ0n) is 17.0. The Kier molecular flexibility index (Phi) is 4.86. The van der Waals surface area contributed by atoms with Gasteiger partial charge in [0.15, 0.2) is 11.5 Å². The van der Waals surface area contributed by atoms with E-state index in [0.29, 0.717) is 26.2 Å². The van der Waals surface area contributed by atoms with Crippen molar-refractivity contribution in [3.63, 3.8) is 0 Å². The van der Waals surface area contributed by atoms with Gasteiger partial charge in [-0.3, -0.25) is 0 Å². The van der Waals surface area contributed by atoms with Gasteiger partial charge in [-0.05, 0) is 44.0 Å². The summed E-state index contributed by atoms with van der Waals surface area (Å²) in [5.41, 5.74) is 3.82. The zero-order valence-corrected chi connectivity index (χ0v) is 17.0. The zero-order chi connectivity index (χ0) is 20.5. The third-order valence-electron chi connectivity index (χ3n) is 5.90. The molecule has 1 aliphatic heterocycles. The number of hydrogen-bond acceptors (Lipinski definition) is 4. The maximum atomic E-state index is 12.6. The van der Waals surface area contributed by atoms with Gasteiger partial charge in [-0.2, -0.15) is 0 Å². The number of piperidine rings is 1. The second-order valence-corrected chi connectivity index (χ2v) is 7.81. The quantitative estimate of drug-likeness (QED) is 0.557. The Balaban J connectivity index is 1.15. The number of urea groups is 1. The van der Waals surface area contributed by atoms with Gasteiger partial charge in [0.25, 0.3) is 0 Å². The minimum atomic E-state index is -0.00640. The van der Waals surface area contributed by atoms with E-state index < -0.39 is 0 Å². The van der Waals surface area contributed by atoms with Crippen molar-refractivity contribution in [1.82, 2.24) is 24.8 Å². The molecule has 4 aromatic rings. The van der Waals surface area contributed by atoms with Crippen molar-refractivity contribution in [3.8, 4) is 0 Å². The predicted molar refractivity (Wildman–Crippen MR) is 115 cm³/mol. The molecule has 0 aliphatic carbocycles. The van der Waals surface area contributed by atoms with Gasteiger partial charge in [0.1, 0.15) is 11.3 Å². The molecule has 2 aromatic heterocycles. The highest BCUT2D eigenvalue weighted by Gasteiger charge is 2.27. The number of aromatic nitrogens is 3. The van der Waals surface area contributed by atoms with E-state index in [9.17, 15) is 4.79 Å². The Morgan fingerprint density at radius 2 is 1.80 bits per heavy atom. The van der Waals surface area contributed by atoms with Crippen LogP contribution in [0.5, 0.6) is 0 Å². The molecule has 0 saturated carbocycles. The maximum Gasteiger partial charge on any atom is 0.317 e. The van der Waals surface area contributed by atoms with Gasteiger partial charge in [0.05, 0.1) is 11.0 Å². The molecule has 0 atom stereocenters. The smallest absolute Gasteiger partial charge is 0.317 e. The van der Waals surface area contributed by atoms with E-state index in [4.69, 9.17) is 4.42 Å². The third kappa shape index (κ3) is 3.51. The predicted octanol–water partition coefficient (Wildman–Crippen LogP) is 4.08. The average molecular weight is 403 g/mol. The van der Waals surface area contributed by atoms with Gasteiger partial charge in [0.2, 0.25) is 0 Å². The summed E-state index contributed by atoms with van der Waals surface area (Å²) in [5.74, 6) is 2.02. The molecule has 0 spiro atoms. The molecule has 7 nitrogen and oxygen atoms in total. The molecule has 2 amide bonds. The van der Waals surface area contributed by atoms with Crippen LogP contribution < -0.4 is 5.32 Å². The minimum Gasteiger partial charge on any atom is -0.440 e. The Morgan fingerprint density at radius 3 is 2.60 bits per heavy atom. The molecule has 2 aromatic carbocycles. The summed E-state index contributed by atoms with van der Waals surface area (Å²) in [4.78, 5) is 23.7. The maximum absolute atomic E-state index is 12.6. The fraction of sp³-hybridized carbons (Fsp3) is 0.348. The minimum absolute atomic E-state index is 0.00640. The summed E-state index contributed by atoms with van der Waals surface area (Å²) >= 11 is 0. The van der Waals surface area contributed by atoms with Gasteiger partial charge >= 0.3 is 6.03 Å². The van der Waals surface area contributed by atoms with Gasteiger partial charge in [-0.25, -0.2) is 14.8 Å². The number of imidazole rings is 1. The van der Waals surface area contributed by atoms with Gasteiger partial charge < -0.3 is 19.2 Å². The average Bonchev–Trinajstić information content (AvgIpc) is 3.35. The van der Waals surface area contributed by atoms with Crippen LogP contribution in [0.1, 0.15) is 30.5 Å². The molecule has 0 bridgehead atoms. The molecule has 1 N–H and O–H groups in total. The summed E-state index contributed by atoms with van der Waals surface area (Å²) in [5, 5.41) is 3.06. The molecule has 1 fully saturated rings. The van der Waals surface area contributed by atoms with Crippen LogP contribution in [0.3, 0.4) is 0 Å². The van der Waals surface area contributed by atoms with Crippen molar-refractivity contribution in [2.24, 2.45) is 0 Å². The molecule has 0 radical (unpaired) electrons. The Bertz CT molecular complexity index is 1150. The topological polar surface area (TPSA) is 76.2 Å². The number of hydrogen-bond donors (Lipinski definition) is 1. The van der Waals surface area contributed by atoms with E-state index >= 15 is 0 Å². The van der Waals surface area contributed by atoms with Crippen molar-refractivity contribution in [3.05, 3.63) is 60.2 Å². The van der Waals surface area contributed by atoms with Gasteiger partial charge in [-0.15, -0.1) is 0 Å². The van der Waals surface area contributed by atoms with Gasteiger partial charge in [0, 0.05) is 32.1 Å². The van der Waals surface area contributed by atoms with E-state index in [1.54, 1.807) is 0 Å². The third-order valence-corrected chi connectivity index (χ3v) is 5.90. The largest absolute Gasteiger partial charge is 0.440 e. The van der Waals surface area contributed by atoms with Crippen molar-refractivity contribution in [2.75, 3.05) is 19.6 Å². The van der Waals surface area contributed by atoms with E-state index in [0.717, 1.165) is 46.7 Å². The van der Waals surface area contributed by atoms with Crippen LogP contribution in [0.25, 0.3) is 22.1 Å². The highest BCUT2D eigenvalue weighted by molar-refractivity contribution is 5.76. The fourth-order valence-corrected chi connectivity index (χ4v) is 4.26. The number of aryl methyl sites for hydroxylation is 1. The highest BCUT2D eigenvalue weighted by atomic mass is 16.3. The van der Waals surface area contributed by atoms with Crippen molar-refractivity contribution in [2.45, 2.75) is 32.2 Å². The summed E-state index contributed by atoms with van der Waals surface area (Å²) in [7, 11) is 0. The van der Waals surface area contributed by atoms with E-state index in [1.165, 1.54) is 0 Å². The summed E-state index contributed by atoms with van der Waals surface area (Å²) < 4.78 is 8.06. The van der Waals surface area contributed by atoms with Crippen LogP contribution in [0, 0.1) is 6.92 Å². The van der Waals surface area contributed by atoms with Crippen molar-refractivity contribution in [1.29, 1.82) is 0 Å². The Morgan fingerprint density at radius 1 is 1.07 bits per heavy atom. The molecular formula is C23H25N5O2. The molecule has 5 rings (SSSR count). The molecule has 7 heteroatoms. The molecule has 1 saturated heterocycles. The number of benzene rings is 2. The second kappa shape index (κ2) is 7.82. The van der Waals surface area contributed by atoms with E-state index in [-0.39, 0.29) is 11.9 Å². The van der Waals surface area contributed by atoms with Gasteiger partial charge in [-0.1, -0.05) is 24.3 Å². The lowest BCUT2D eigenvalue weighted by Gasteiger charge is -2.30. The monoisotopic (exact) mass is 403 g/mol. The molecular weight excluding hydrogens is 378 g/mol. The number of nitrogens with zero attached hydrogens (tertiary/aromatic N) is 4. The number of likely N-dealkylation sites (tertiary alicyclic amines) is 1. The van der Waals surface area contributed by atoms with E-state index in [2.05, 4.69) is 25.9 Å². The molecule has 3 heterocycles. The number of amides is 2. The number of nitrogens with one attached hydrogen (secondary N) is 1. The molecule has 0 unspecified atom stereocenters. The number of rotatable bonds is 4. The number of carbonyl (C=O) groups excluding carboxylic acids is 1. The number of para-hydroxylation sites is 4. The SMILES string of the molecule is Cc1nc2ccccc2n1CCNC(=O)N1CCC(c2nc3ccccc3o2)CC1. The van der Waals surface area contributed by atoms with E-state index in [1.807, 2.05) is 54.3 Å². The molecule has 30 heavy (non-hydrogen) atoms. The lowest BCUT2D eigenvalue weighted by atomic mass is 9.97. The summed E-state index contributed by atoms with van der Waals surface area (Å²) in [6, 6.07) is 15.9. The van der Waals surface area contributed by atoms with Crippen molar-refractivity contribution < 1.29 is 9.21 Å². The second-order valence-electron chi connectivity index (χ2n) is 7.81. The lowest BCUT2D eigenvalue weighted by molar-refractivity contribution is 0.177. The first kappa shape index (κ1) is 18.7. The van der Waals surface area contributed by atoms with Crippen molar-refractivity contribution >= 4 is 28.2 Å². The summed E-state index contributed by atoms with van der Waals surface area (Å²) in [6.07, 6.45) is 1.73. The molecule has 154 valence electrons. The molecule has 1 aliphatic rings. The first-order chi connectivity index (χ1) is 14.7. The van der Waals surface area contributed by atoms with Crippen LogP contribution >= 0.6 is 0 Å². The Hall–Kier alpha value is -3.35. The van der Waals surface area contributed by atoms with Crippen LogP contribution in [0.15, 0.2) is 52.9 Å². The lowest BCUT2D eigenvalue weighted by Crippen LogP contribution is -2.44. The van der Waals surface area contributed by atoms with Crippen LogP contribution in [-0.4, -0.2) is 45.1 Å². The summed E-state index contributed by atoms with van der Waals surface area (Å²) in [6.45, 7) is 4.70. The standard InChI is InChI=1S/C23H25N5O2/c1-16-25-18-6-2-4-8-20(18)28(16)15-12-24-23(29)27-13-10-17(11-14-27)22-26-19-7-3-5-9-21(19)30-22/h2-9,17H,10-15H2,1H3,(H,24,29). The first-order valence-corrected chi connectivity index (χ1v) is 10.5. The van der Waals surface area contributed by atoms with Crippen LogP contribution in [0.4, 0.5) is 4.79 Å². The Labute approximate surface area is 174 Å². The van der Waals surface area contributed by atoms with Crippen LogP contribution in [-0.2, 0) is 6.54 Å². The fourth-order valence-electron chi connectivity index (χ4n) is 4.26. The number of carbonyl (C=O) groups is 1. The number of fused-ring (bicyclic) bond motifs is 2. The van der Waals surface area contributed by atoms with Crippen LogP contribution in [0.2, 0.25) is 0 Å². The number of oxazole rings is 1.